The Bertz CT molecular complexity index is 408. The molecule has 6 heteroatoms. The Balaban J connectivity index is 3.26. The Kier molecular flexibility index (Phi) is 3.52. The normalized spacial score (nSPS) is 9.87. The van der Waals surface area contributed by atoms with Gasteiger partial charge in [-0.05, 0) is 12.1 Å². The molecule has 0 N–H and O–H groups in total. The number of rotatable bonds is 2. The molecule has 15 heavy (non-hydrogen) atoms. The number of halogens is 3. The van der Waals surface area contributed by atoms with Crippen molar-refractivity contribution < 1.29 is 23.1 Å². The number of benzene rings is 1. The van der Waals surface area contributed by atoms with Gasteiger partial charge in [-0.15, -0.1) is 0 Å². The number of hydrogen-bond donors (Lipinski definition) is 0. The molecule has 3 nitrogen and oxygen atoms in total. The van der Waals surface area contributed by atoms with Crippen molar-refractivity contribution in [3.63, 3.8) is 0 Å². The van der Waals surface area contributed by atoms with E-state index in [1.807, 2.05) is 0 Å². The minimum absolute atomic E-state index is 0.138. The Labute approximate surface area is 92.2 Å². The SMILES string of the molecule is COC(=O)C(=O)c1c(F)cc(Br)cc1F. The fourth-order valence-corrected chi connectivity index (χ4v) is 1.36. The molecule has 0 spiro atoms. The Morgan fingerprint density at radius 1 is 1.27 bits per heavy atom. The second kappa shape index (κ2) is 4.48. The highest BCUT2D eigenvalue weighted by Crippen LogP contribution is 2.20. The molecule has 1 rings (SSSR count). The molecular weight excluding hydrogens is 274 g/mol. The van der Waals surface area contributed by atoms with Gasteiger partial charge >= 0.3 is 5.97 Å². The van der Waals surface area contributed by atoms with Gasteiger partial charge < -0.3 is 4.74 Å². The maximum Gasteiger partial charge on any atom is 0.379 e. The first-order valence-electron chi connectivity index (χ1n) is 3.74. The first-order chi connectivity index (χ1) is 6.97. The van der Waals surface area contributed by atoms with Crippen LogP contribution in [0.4, 0.5) is 8.78 Å². The molecule has 0 heterocycles. The molecule has 0 aliphatic rings. The van der Waals surface area contributed by atoms with Crippen LogP contribution in [0.15, 0.2) is 16.6 Å². The largest absolute Gasteiger partial charge is 0.463 e. The molecule has 0 atom stereocenters. The third kappa shape index (κ3) is 2.38. The van der Waals surface area contributed by atoms with Crippen molar-refractivity contribution in [3.8, 4) is 0 Å². The molecule has 0 radical (unpaired) electrons. The van der Waals surface area contributed by atoms with Gasteiger partial charge in [-0.2, -0.15) is 0 Å². The zero-order chi connectivity index (χ0) is 11.6. The third-order valence-electron chi connectivity index (χ3n) is 1.60. The molecule has 0 unspecified atom stereocenters. The maximum absolute atomic E-state index is 13.2. The first kappa shape index (κ1) is 11.8. The predicted molar refractivity (Wildman–Crippen MR) is 50.4 cm³/mol. The fourth-order valence-electron chi connectivity index (χ4n) is 0.954. The second-order valence-electron chi connectivity index (χ2n) is 2.57. The topological polar surface area (TPSA) is 43.4 Å². The molecule has 1 aromatic carbocycles. The van der Waals surface area contributed by atoms with E-state index in [2.05, 4.69) is 20.7 Å². The van der Waals surface area contributed by atoms with E-state index in [0.717, 1.165) is 19.2 Å². The van der Waals surface area contributed by atoms with Crippen molar-refractivity contribution in [2.45, 2.75) is 0 Å². The van der Waals surface area contributed by atoms with Gasteiger partial charge in [0.25, 0.3) is 5.78 Å². The number of carbonyl (C=O) groups excluding carboxylic acids is 2. The molecule has 1 aromatic rings. The van der Waals surface area contributed by atoms with Crippen LogP contribution in [0.1, 0.15) is 10.4 Å². The number of carbonyl (C=O) groups is 2. The summed E-state index contributed by atoms with van der Waals surface area (Å²) in [5.74, 6) is -4.88. The Hall–Kier alpha value is -1.30. The summed E-state index contributed by atoms with van der Waals surface area (Å²) in [5.41, 5.74) is -0.912. The molecule has 0 bridgehead atoms. The minimum atomic E-state index is -1.35. The first-order valence-corrected chi connectivity index (χ1v) is 4.54. The maximum atomic E-state index is 13.2. The number of Topliss-reactive ketones (excluding diaryl/α,β-unsaturated/α-hetero) is 1. The molecule has 0 aliphatic carbocycles. The summed E-state index contributed by atoms with van der Waals surface area (Å²) < 4.78 is 30.5. The average molecular weight is 279 g/mol. The van der Waals surface area contributed by atoms with Gasteiger partial charge in [0.05, 0.1) is 7.11 Å². The van der Waals surface area contributed by atoms with E-state index in [-0.39, 0.29) is 4.47 Å². The van der Waals surface area contributed by atoms with E-state index in [1.54, 1.807) is 0 Å². The number of ether oxygens (including phenoxy) is 1. The van der Waals surface area contributed by atoms with Gasteiger partial charge in [0.1, 0.15) is 17.2 Å². The van der Waals surface area contributed by atoms with E-state index in [4.69, 9.17) is 0 Å². The lowest BCUT2D eigenvalue weighted by molar-refractivity contribution is -0.135. The molecule has 0 aliphatic heterocycles. The fraction of sp³-hybridized carbons (Fsp3) is 0.111. The smallest absolute Gasteiger partial charge is 0.379 e. The van der Waals surface area contributed by atoms with Crippen LogP contribution in [0.25, 0.3) is 0 Å². The number of methoxy groups -OCH3 is 1. The Morgan fingerprint density at radius 2 is 1.73 bits per heavy atom. The lowest BCUT2D eigenvalue weighted by atomic mass is 10.1. The van der Waals surface area contributed by atoms with Crippen LogP contribution in [-0.2, 0) is 9.53 Å². The van der Waals surface area contributed by atoms with Crippen LogP contribution in [0.2, 0.25) is 0 Å². The van der Waals surface area contributed by atoms with Crippen molar-refractivity contribution in [1.82, 2.24) is 0 Å². The molecule has 0 saturated heterocycles. The molecule has 0 aromatic heterocycles. The van der Waals surface area contributed by atoms with Crippen LogP contribution < -0.4 is 0 Å². The van der Waals surface area contributed by atoms with Crippen LogP contribution in [0.3, 0.4) is 0 Å². The molecule has 80 valence electrons. The summed E-state index contributed by atoms with van der Waals surface area (Å²) in [6.07, 6.45) is 0. The van der Waals surface area contributed by atoms with Crippen LogP contribution >= 0.6 is 15.9 Å². The highest BCUT2D eigenvalue weighted by Gasteiger charge is 2.25. The Morgan fingerprint density at radius 3 is 2.13 bits per heavy atom. The van der Waals surface area contributed by atoms with Crippen LogP contribution in [0, 0.1) is 11.6 Å². The van der Waals surface area contributed by atoms with E-state index in [9.17, 15) is 18.4 Å². The molecule has 0 saturated carbocycles. The third-order valence-corrected chi connectivity index (χ3v) is 2.06. The summed E-state index contributed by atoms with van der Waals surface area (Å²) in [7, 11) is 0.953. The lowest BCUT2D eigenvalue weighted by Crippen LogP contribution is -2.18. The lowest BCUT2D eigenvalue weighted by Gasteiger charge is -2.03. The van der Waals surface area contributed by atoms with Gasteiger partial charge in [0.15, 0.2) is 0 Å². The molecular formula is C9H5BrF2O3. The zero-order valence-corrected chi connectivity index (χ0v) is 9.10. The summed E-state index contributed by atoms with van der Waals surface area (Å²) in [4.78, 5) is 21.9. The van der Waals surface area contributed by atoms with Gasteiger partial charge in [-0.1, -0.05) is 15.9 Å². The molecule has 0 fully saturated rings. The molecule has 0 amide bonds. The average Bonchev–Trinajstić information content (AvgIpc) is 2.14. The van der Waals surface area contributed by atoms with Crippen molar-refractivity contribution in [2.75, 3.05) is 7.11 Å². The summed E-state index contributed by atoms with van der Waals surface area (Å²) in [6.45, 7) is 0. The van der Waals surface area contributed by atoms with Crippen molar-refractivity contribution >= 4 is 27.7 Å². The highest BCUT2D eigenvalue weighted by atomic mass is 79.9. The number of esters is 1. The van der Waals surface area contributed by atoms with E-state index >= 15 is 0 Å². The van der Waals surface area contributed by atoms with Crippen molar-refractivity contribution in [3.05, 3.63) is 33.8 Å². The monoisotopic (exact) mass is 278 g/mol. The van der Waals surface area contributed by atoms with Gasteiger partial charge in [-0.3, -0.25) is 4.79 Å². The predicted octanol–water partition coefficient (Wildman–Crippen LogP) is 2.08. The summed E-state index contributed by atoms with van der Waals surface area (Å²) in [5, 5.41) is 0. The van der Waals surface area contributed by atoms with Crippen LogP contribution in [0.5, 0.6) is 0 Å². The summed E-state index contributed by atoms with van der Waals surface area (Å²) >= 11 is 2.84. The van der Waals surface area contributed by atoms with E-state index in [0.29, 0.717) is 0 Å². The summed E-state index contributed by atoms with van der Waals surface area (Å²) in [6, 6.07) is 1.78. The van der Waals surface area contributed by atoms with Crippen LogP contribution in [-0.4, -0.2) is 18.9 Å². The van der Waals surface area contributed by atoms with E-state index < -0.39 is 29.0 Å². The number of ketones is 1. The van der Waals surface area contributed by atoms with E-state index in [1.165, 1.54) is 0 Å². The zero-order valence-electron chi connectivity index (χ0n) is 7.51. The highest BCUT2D eigenvalue weighted by molar-refractivity contribution is 9.10. The van der Waals surface area contributed by atoms with Crippen molar-refractivity contribution in [1.29, 1.82) is 0 Å². The van der Waals surface area contributed by atoms with Gasteiger partial charge in [0, 0.05) is 4.47 Å². The number of hydrogen-bond acceptors (Lipinski definition) is 3. The van der Waals surface area contributed by atoms with Crippen molar-refractivity contribution in [2.24, 2.45) is 0 Å². The standard InChI is InChI=1S/C9H5BrF2O3/c1-15-9(14)8(13)7-5(11)2-4(10)3-6(7)12/h2-3H,1H3. The minimum Gasteiger partial charge on any atom is -0.463 e. The van der Waals surface area contributed by atoms with Gasteiger partial charge in [0.2, 0.25) is 0 Å². The quantitative estimate of drug-likeness (QED) is 0.473. The van der Waals surface area contributed by atoms with Gasteiger partial charge in [-0.25, -0.2) is 13.6 Å². The second-order valence-corrected chi connectivity index (χ2v) is 3.48.